The summed E-state index contributed by atoms with van der Waals surface area (Å²) >= 11 is 0. The zero-order valence-electron chi connectivity index (χ0n) is 9.38. The van der Waals surface area contributed by atoms with E-state index in [2.05, 4.69) is 9.97 Å². The van der Waals surface area contributed by atoms with Gasteiger partial charge in [0.15, 0.2) is 0 Å². The van der Waals surface area contributed by atoms with Crippen LogP contribution in [0.2, 0.25) is 0 Å². The van der Waals surface area contributed by atoms with Gasteiger partial charge in [-0.25, -0.2) is 9.97 Å². The fourth-order valence-electron chi connectivity index (χ4n) is 1.88. The van der Waals surface area contributed by atoms with Gasteiger partial charge in [0.2, 0.25) is 0 Å². The van der Waals surface area contributed by atoms with Crippen LogP contribution < -0.4 is 0 Å². The van der Waals surface area contributed by atoms with Gasteiger partial charge in [0.1, 0.15) is 12.4 Å². The molecular formula is C13H14N2O. The average molecular weight is 214 g/mol. The van der Waals surface area contributed by atoms with Gasteiger partial charge in [-0.3, -0.25) is 0 Å². The van der Waals surface area contributed by atoms with Crippen LogP contribution in [0.25, 0.3) is 0 Å². The lowest BCUT2D eigenvalue weighted by Gasteiger charge is -2.16. The van der Waals surface area contributed by atoms with Crippen molar-refractivity contribution in [1.82, 2.24) is 9.97 Å². The molecule has 0 radical (unpaired) electrons. The third-order valence-electron chi connectivity index (χ3n) is 2.71. The first kappa shape index (κ1) is 10.8. The predicted molar refractivity (Wildman–Crippen MR) is 62.0 cm³/mol. The number of benzene rings is 1. The average Bonchev–Trinajstić information content (AvgIpc) is 2.30. The number of nitrogens with zero attached hydrogens (tertiary/aromatic N) is 2. The molecule has 1 heterocycles. The van der Waals surface area contributed by atoms with E-state index < -0.39 is 6.10 Å². The van der Waals surface area contributed by atoms with E-state index in [9.17, 15) is 5.11 Å². The largest absolute Gasteiger partial charge is 0.384 e. The zero-order chi connectivity index (χ0) is 11.5. The van der Waals surface area contributed by atoms with Crippen molar-refractivity contribution < 1.29 is 5.11 Å². The van der Waals surface area contributed by atoms with Crippen LogP contribution >= 0.6 is 0 Å². The van der Waals surface area contributed by atoms with Crippen molar-refractivity contribution in [2.24, 2.45) is 0 Å². The van der Waals surface area contributed by atoms with Gasteiger partial charge >= 0.3 is 0 Å². The maximum absolute atomic E-state index is 10.3. The highest BCUT2D eigenvalue weighted by Gasteiger charge is 2.15. The minimum absolute atomic E-state index is 0.651. The number of rotatable bonds is 2. The summed E-state index contributed by atoms with van der Waals surface area (Å²) in [6, 6.07) is 5.98. The van der Waals surface area contributed by atoms with Crippen molar-refractivity contribution in [1.29, 1.82) is 0 Å². The second-order valence-electron chi connectivity index (χ2n) is 3.88. The number of hydrogen-bond acceptors (Lipinski definition) is 3. The highest BCUT2D eigenvalue weighted by atomic mass is 16.3. The molecule has 0 aliphatic rings. The second kappa shape index (κ2) is 4.41. The standard InChI is InChI=1S/C13H14N2O/c1-9-4-3-5-10(2)12(9)13(16)11-6-14-8-15-7-11/h3-8,13,16H,1-2H3. The van der Waals surface area contributed by atoms with Gasteiger partial charge < -0.3 is 5.11 Å². The summed E-state index contributed by atoms with van der Waals surface area (Å²) in [6.07, 6.45) is 4.09. The van der Waals surface area contributed by atoms with Crippen LogP contribution in [0.1, 0.15) is 28.4 Å². The molecule has 0 aliphatic heterocycles. The lowest BCUT2D eigenvalue weighted by Crippen LogP contribution is -2.05. The minimum atomic E-state index is -0.651. The summed E-state index contributed by atoms with van der Waals surface area (Å²) < 4.78 is 0. The Balaban J connectivity index is 2.46. The van der Waals surface area contributed by atoms with Crippen LogP contribution in [-0.2, 0) is 0 Å². The van der Waals surface area contributed by atoms with Crippen LogP contribution in [0.15, 0.2) is 36.9 Å². The molecule has 1 atom stereocenters. The van der Waals surface area contributed by atoms with Crippen molar-refractivity contribution in [3.63, 3.8) is 0 Å². The van der Waals surface area contributed by atoms with Crippen LogP contribution in [0.3, 0.4) is 0 Å². The van der Waals surface area contributed by atoms with Crippen LogP contribution in [0, 0.1) is 13.8 Å². The van der Waals surface area contributed by atoms with Gasteiger partial charge in [0.05, 0.1) is 0 Å². The molecule has 0 saturated carbocycles. The van der Waals surface area contributed by atoms with Crippen molar-refractivity contribution >= 4 is 0 Å². The topological polar surface area (TPSA) is 46.0 Å². The molecule has 1 N–H and O–H groups in total. The van der Waals surface area contributed by atoms with Gasteiger partial charge in [0, 0.05) is 18.0 Å². The van der Waals surface area contributed by atoms with Crippen molar-refractivity contribution in [2.45, 2.75) is 20.0 Å². The molecule has 2 rings (SSSR count). The van der Waals surface area contributed by atoms with E-state index in [1.807, 2.05) is 32.0 Å². The smallest absolute Gasteiger partial charge is 0.115 e. The molecular weight excluding hydrogens is 200 g/mol. The number of aryl methyl sites for hydroxylation is 2. The lowest BCUT2D eigenvalue weighted by molar-refractivity contribution is 0.218. The SMILES string of the molecule is Cc1cccc(C)c1C(O)c1cncnc1. The molecule has 1 aromatic carbocycles. The maximum Gasteiger partial charge on any atom is 0.115 e. The Labute approximate surface area is 94.8 Å². The third kappa shape index (κ3) is 1.95. The predicted octanol–water partition coefficient (Wildman–Crippen LogP) is 2.18. The van der Waals surface area contributed by atoms with Gasteiger partial charge in [-0.15, -0.1) is 0 Å². The first-order valence-electron chi connectivity index (χ1n) is 5.19. The van der Waals surface area contributed by atoms with Crippen molar-refractivity contribution in [3.05, 3.63) is 59.2 Å². The van der Waals surface area contributed by atoms with E-state index in [-0.39, 0.29) is 0 Å². The van der Waals surface area contributed by atoms with E-state index in [1.165, 1.54) is 6.33 Å². The fourth-order valence-corrected chi connectivity index (χ4v) is 1.88. The van der Waals surface area contributed by atoms with Crippen LogP contribution in [-0.4, -0.2) is 15.1 Å². The Morgan fingerprint density at radius 2 is 1.62 bits per heavy atom. The maximum atomic E-state index is 10.3. The molecule has 82 valence electrons. The summed E-state index contributed by atoms with van der Waals surface area (Å²) in [5, 5.41) is 10.3. The Kier molecular flexibility index (Phi) is 2.97. The summed E-state index contributed by atoms with van der Waals surface area (Å²) in [6.45, 7) is 3.99. The van der Waals surface area contributed by atoms with E-state index in [0.29, 0.717) is 0 Å². The molecule has 0 spiro atoms. The van der Waals surface area contributed by atoms with E-state index in [0.717, 1.165) is 22.3 Å². The number of aromatic nitrogens is 2. The first-order chi connectivity index (χ1) is 7.70. The van der Waals surface area contributed by atoms with Crippen molar-refractivity contribution in [2.75, 3.05) is 0 Å². The fraction of sp³-hybridized carbons (Fsp3) is 0.231. The minimum Gasteiger partial charge on any atom is -0.384 e. The third-order valence-corrected chi connectivity index (χ3v) is 2.71. The Bertz CT molecular complexity index is 462. The highest BCUT2D eigenvalue weighted by Crippen LogP contribution is 2.26. The normalized spacial score (nSPS) is 12.4. The van der Waals surface area contributed by atoms with Crippen molar-refractivity contribution in [3.8, 4) is 0 Å². The van der Waals surface area contributed by atoms with Crippen LogP contribution in [0.4, 0.5) is 0 Å². The number of aliphatic hydroxyl groups is 1. The van der Waals surface area contributed by atoms with Crippen LogP contribution in [0.5, 0.6) is 0 Å². The van der Waals surface area contributed by atoms with E-state index in [4.69, 9.17) is 0 Å². The number of hydrogen-bond donors (Lipinski definition) is 1. The Hall–Kier alpha value is -1.74. The molecule has 1 aromatic heterocycles. The molecule has 0 aliphatic carbocycles. The molecule has 0 saturated heterocycles. The Morgan fingerprint density at radius 1 is 1.06 bits per heavy atom. The zero-order valence-corrected chi connectivity index (χ0v) is 9.38. The second-order valence-corrected chi connectivity index (χ2v) is 3.88. The van der Waals surface area contributed by atoms with Gasteiger partial charge in [-0.1, -0.05) is 18.2 Å². The lowest BCUT2D eigenvalue weighted by atomic mass is 9.95. The molecule has 2 aromatic rings. The molecule has 0 fully saturated rings. The molecule has 16 heavy (non-hydrogen) atoms. The summed E-state index contributed by atoms with van der Waals surface area (Å²) in [5.41, 5.74) is 3.82. The highest BCUT2D eigenvalue weighted by molar-refractivity contribution is 5.39. The summed E-state index contributed by atoms with van der Waals surface area (Å²) in [7, 11) is 0. The Morgan fingerprint density at radius 3 is 2.19 bits per heavy atom. The van der Waals surface area contributed by atoms with Gasteiger partial charge in [-0.2, -0.15) is 0 Å². The van der Waals surface area contributed by atoms with E-state index >= 15 is 0 Å². The quantitative estimate of drug-likeness (QED) is 0.833. The number of aliphatic hydroxyl groups excluding tert-OH is 1. The molecule has 0 amide bonds. The molecule has 3 heteroatoms. The van der Waals surface area contributed by atoms with E-state index in [1.54, 1.807) is 12.4 Å². The molecule has 1 unspecified atom stereocenters. The van der Waals surface area contributed by atoms with Gasteiger partial charge in [0.25, 0.3) is 0 Å². The first-order valence-corrected chi connectivity index (χ1v) is 5.19. The monoisotopic (exact) mass is 214 g/mol. The summed E-state index contributed by atoms with van der Waals surface area (Å²) in [5.74, 6) is 0. The van der Waals surface area contributed by atoms with Gasteiger partial charge in [-0.05, 0) is 30.5 Å². The molecule has 3 nitrogen and oxygen atoms in total. The summed E-state index contributed by atoms with van der Waals surface area (Å²) in [4.78, 5) is 7.84. The molecule has 0 bridgehead atoms.